The zero-order chi connectivity index (χ0) is 15.0. The monoisotopic (exact) mass is 277 g/mol. The standard InChI is InChI=1S/C15H23N3O2/c1-4-5-10-16-14(19)11-17-13-8-6-12(7-9-13)15(20)18(2)3/h6-9,17H,4-5,10-11H2,1-3H3,(H,16,19). The first kappa shape index (κ1) is 16.0. The van der Waals surface area contributed by atoms with Gasteiger partial charge in [0, 0.05) is 31.9 Å². The molecule has 0 bridgehead atoms. The number of carbonyl (C=O) groups is 2. The van der Waals surface area contributed by atoms with E-state index in [-0.39, 0.29) is 18.4 Å². The van der Waals surface area contributed by atoms with Crippen LogP contribution in [0.15, 0.2) is 24.3 Å². The average molecular weight is 277 g/mol. The van der Waals surface area contributed by atoms with Crippen LogP contribution in [0.1, 0.15) is 30.1 Å². The summed E-state index contributed by atoms with van der Waals surface area (Å²) in [5, 5.41) is 5.87. The Morgan fingerprint density at radius 2 is 1.80 bits per heavy atom. The highest BCUT2D eigenvalue weighted by molar-refractivity contribution is 5.94. The van der Waals surface area contributed by atoms with E-state index in [9.17, 15) is 9.59 Å². The van der Waals surface area contributed by atoms with Crippen molar-refractivity contribution in [3.8, 4) is 0 Å². The Bertz CT molecular complexity index is 441. The lowest BCUT2D eigenvalue weighted by Crippen LogP contribution is -2.30. The van der Waals surface area contributed by atoms with Crippen molar-refractivity contribution >= 4 is 17.5 Å². The van der Waals surface area contributed by atoms with Crippen LogP contribution in [-0.2, 0) is 4.79 Å². The molecule has 20 heavy (non-hydrogen) atoms. The molecule has 1 rings (SSSR count). The molecule has 0 unspecified atom stereocenters. The molecule has 1 aromatic rings. The van der Waals surface area contributed by atoms with Crippen LogP contribution in [0.2, 0.25) is 0 Å². The molecule has 0 saturated carbocycles. The molecule has 0 aliphatic heterocycles. The lowest BCUT2D eigenvalue weighted by atomic mass is 10.2. The lowest BCUT2D eigenvalue weighted by molar-refractivity contribution is -0.119. The van der Waals surface area contributed by atoms with Crippen molar-refractivity contribution in [2.45, 2.75) is 19.8 Å². The Labute approximate surface area is 120 Å². The molecule has 5 nitrogen and oxygen atoms in total. The fourth-order valence-electron chi connectivity index (χ4n) is 1.64. The molecule has 0 saturated heterocycles. The Morgan fingerprint density at radius 3 is 2.35 bits per heavy atom. The molecule has 0 aliphatic rings. The highest BCUT2D eigenvalue weighted by atomic mass is 16.2. The number of carbonyl (C=O) groups excluding carboxylic acids is 2. The first-order valence-electron chi connectivity index (χ1n) is 6.87. The van der Waals surface area contributed by atoms with E-state index in [1.54, 1.807) is 38.4 Å². The van der Waals surface area contributed by atoms with Crippen LogP contribution in [-0.4, -0.2) is 43.9 Å². The van der Waals surface area contributed by atoms with Gasteiger partial charge in [-0.05, 0) is 30.7 Å². The topological polar surface area (TPSA) is 61.4 Å². The number of hydrogen-bond acceptors (Lipinski definition) is 3. The lowest BCUT2D eigenvalue weighted by Gasteiger charge is -2.11. The Kier molecular flexibility index (Phi) is 6.56. The first-order valence-corrected chi connectivity index (χ1v) is 6.87. The largest absolute Gasteiger partial charge is 0.376 e. The number of benzene rings is 1. The summed E-state index contributed by atoms with van der Waals surface area (Å²) in [5.41, 5.74) is 1.46. The summed E-state index contributed by atoms with van der Waals surface area (Å²) >= 11 is 0. The second kappa shape index (κ2) is 8.19. The number of amides is 2. The van der Waals surface area contributed by atoms with E-state index in [0.29, 0.717) is 12.1 Å². The molecular formula is C15H23N3O2. The van der Waals surface area contributed by atoms with E-state index >= 15 is 0 Å². The third-order valence-electron chi connectivity index (χ3n) is 2.84. The van der Waals surface area contributed by atoms with E-state index in [1.165, 1.54) is 4.90 Å². The van der Waals surface area contributed by atoms with Crippen LogP contribution in [0, 0.1) is 0 Å². The predicted molar refractivity (Wildman–Crippen MR) is 80.9 cm³/mol. The summed E-state index contributed by atoms with van der Waals surface area (Å²) in [4.78, 5) is 24.8. The van der Waals surface area contributed by atoms with Gasteiger partial charge in [0.15, 0.2) is 0 Å². The minimum Gasteiger partial charge on any atom is -0.376 e. The summed E-state index contributed by atoms with van der Waals surface area (Å²) in [6.07, 6.45) is 2.06. The predicted octanol–water partition coefficient (Wildman–Crippen LogP) is 1.72. The number of nitrogens with zero attached hydrogens (tertiary/aromatic N) is 1. The third kappa shape index (κ3) is 5.30. The van der Waals surface area contributed by atoms with E-state index in [1.807, 2.05) is 0 Å². The second-order valence-corrected chi connectivity index (χ2v) is 4.83. The molecule has 110 valence electrons. The van der Waals surface area contributed by atoms with Gasteiger partial charge in [-0.15, -0.1) is 0 Å². The summed E-state index contributed by atoms with van der Waals surface area (Å²) in [7, 11) is 3.43. The van der Waals surface area contributed by atoms with Crippen molar-refractivity contribution in [3.63, 3.8) is 0 Å². The normalized spacial score (nSPS) is 9.95. The SMILES string of the molecule is CCCCNC(=O)CNc1ccc(C(=O)N(C)C)cc1. The number of unbranched alkanes of at least 4 members (excludes halogenated alkanes) is 1. The van der Waals surface area contributed by atoms with E-state index in [4.69, 9.17) is 0 Å². The molecular weight excluding hydrogens is 254 g/mol. The maximum Gasteiger partial charge on any atom is 0.253 e. The molecule has 5 heteroatoms. The van der Waals surface area contributed by atoms with Crippen molar-refractivity contribution in [2.75, 3.05) is 32.5 Å². The first-order chi connectivity index (χ1) is 9.54. The van der Waals surface area contributed by atoms with E-state index in [2.05, 4.69) is 17.6 Å². The van der Waals surface area contributed by atoms with Gasteiger partial charge in [0.2, 0.25) is 5.91 Å². The number of rotatable bonds is 7. The van der Waals surface area contributed by atoms with Gasteiger partial charge >= 0.3 is 0 Å². The van der Waals surface area contributed by atoms with E-state index in [0.717, 1.165) is 18.5 Å². The Morgan fingerprint density at radius 1 is 1.15 bits per heavy atom. The summed E-state index contributed by atoms with van der Waals surface area (Å²) < 4.78 is 0. The molecule has 0 aliphatic carbocycles. The fourth-order valence-corrected chi connectivity index (χ4v) is 1.64. The molecule has 0 radical (unpaired) electrons. The zero-order valence-electron chi connectivity index (χ0n) is 12.4. The minimum absolute atomic E-state index is 0.0214. The van der Waals surface area contributed by atoms with Gasteiger partial charge in [-0.25, -0.2) is 0 Å². The molecule has 1 aromatic carbocycles. The van der Waals surface area contributed by atoms with Crippen LogP contribution >= 0.6 is 0 Å². The maximum absolute atomic E-state index is 11.7. The highest BCUT2D eigenvalue weighted by Gasteiger charge is 2.07. The van der Waals surface area contributed by atoms with Gasteiger partial charge in [0.1, 0.15) is 0 Å². The molecule has 0 spiro atoms. The average Bonchev–Trinajstić information content (AvgIpc) is 2.45. The van der Waals surface area contributed by atoms with Gasteiger partial charge in [-0.3, -0.25) is 9.59 Å². The zero-order valence-corrected chi connectivity index (χ0v) is 12.4. The van der Waals surface area contributed by atoms with Crippen molar-refractivity contribution in [1.29, 1.82) is 0 Å². The van der Waals surface area contributed by atoms with Crippen LogP contribution in [0.25, 0.3) is 0 Å². The van der Waals surface area contributed by atoms with Gasteiger partial charge in [-0.1, -0.05) is 13.3 Å². The second-order valence-electron chi connectivity index (χ2n) is 4.83. The summed E-state index contributed by atoms with van der Waals surface area (Å²) in [6.45, 7) is 3.04. The molecule has 2 N–H and O–H groups in total. The highest BCUT2D eigenvalue weighted by Crippen LogP contribution is 2.10. The molecule has 0 aromatic heterocycles. The Hall–Kier alpha value is -2.04. The van der Waals surface area contributed by atoms with Crippen molar-refractivity contribution in [2.24, 2.45) is 0 Å². The van der Waals surface area contributed by atoms with Crippen LogP contribution < -0.4 is 10.6 Å². The number of anilines is 1. The van der Waals surface area contributed by atoms with Crippen LogP contribution in [0.3, 0.4) is 0 Å². The number of hydrogen-bond donors (Lipinski definition) is 2. The van der Waals surface area contributed by atoms with Crippen molar-refractivity contribution in [3.05, 3.63) is 29.8 Å². The fraction of sp³-hybridized carbons (Fsp3) is 0.467. The molecule has 2 amide bonds. The molecule has 0 heterocycles. The maximum atomic E-state index is 11.7. The van der Waals surface area contributed by atoms with Gasteiger partial charge in [0.25, 0.3) is 5.91 Å². The van der Waals surface area contributed by atoms with E-state index < -0.39 is 0 Å². The molecule has 0 atom stereocenters. The van der Waals surface area contributed by atoms with Crippen molar-refractivity contribution in [1.82, 2.24) is 10.2 Å². The minimum atomic E-state index is -0.0335. The summed E-state index contributed by atoms with van der Waals surface area (Å²) in [6, 6.07) is 7.10. The van der Waals surface area contributed by atoms with Crippen LogP contribution in [0.5, 0.6) is 0 Å². The van der Waals surface area contributed by atoms with Gasteiger partial charge in [-0.2, -0.15) is 0 Å². The van der Waals surface area contributed by atoms with Crippen molar-refractivity contribution < 1.29 is 9.59 Å². The van der Waals surface area contributed by atoms with Crippen LogP contribution in [0.4, 0.5) is 5.69 Å². The Balaban J connectivity index is 2.42. The molecule has 0 fully saturated rings. The quantitative estimate of drug-likeness (QED) is 0.746. The smallest absolute Gasteiger partial charge is 0.253 e. The third-order valence-corrected chi connectivity index (χ3v) is 2.84. The summed E-state index contributed by atoms with van der Waals surface area (Å²) in [5.74, 6) is -0.0549. The van der Waals surface area contributed by atoms with Gasteiger partial charge < -0.3 is 15.5 Å². The number of nitrogens with one attached hydrogen (secondary N) is 2. The van der Waals surface area contributed by atoms with Gasteiger partial charge in [0.05, 0.1) is 6.54 Å².